The van der Waals surface area contributed by atoms with Crippen LogP contribution < -0.4 is 4.72 Å². The van der Waals surface area contributed by atoms with Crippen LogP contribution in [0.15, 0.2) is 59.3 Å². The van der Waals surface area contributed by atoms with Gasteiger partial charge in [0.25, 0.3) is 5.91 Å². The van der Waals surface area contributed by atoms with Gasteiger partial charge in [-0.3, -0.25) is 14.5 Å². The second-order valence-electron chi connectivity index (χ2n) is 5.88. The van der Waals surface area contributed by atoms with Gasteiger partial charge in [0.1, 0.15) is 0 Å². The summed E-state index contributed by atoms with van der Waals surface area (Å²) in [4.78, 5) is 18.4. The molecule has 7 heteroatoms. The van der Waals surface area contributed by atoms with Crippen molar-refractivity contribution >= 4 is 33.4 Å². The Bertz CT molecular complexity index is 909. The third-order valence-corrected chi connectivity index (χ3v) is 4.54. The van der Waals surface area contributed by atoms with E-state index in [1.807, 2.05) is 43.5 Å². The molecule has 2 aliphatic rings. The number of hydrogen-bond acceptors (Lipinski definition) is 4. The second kappa shape index (κ2) is 6.68. The molecule has 0 aromatic heterocycles. The van der Waals surface area contributed by atoms with Gasteiger partial charge in [-0.1, -0.05) is 24.3 Å². The van der Waals surface area contributed by atoms with E-state index in [1.165, 1.54) is 0 Å². The van der Waals surface area contributed by atoms with E-state index in [2.05, 4.69) is 9.71 Å². The van der Waals surface area contributed by atoms with Crippen molar-refractivity contribution < 1.29 is 13.2 Å². The van der Waals surface area contributed by atoms with E-state index in [4.69, 9.17) is 0 Å². The van der Waals surface area contributed by atoms with Gasteiger partial charge >= 0.3 is 0 Å². The lowest BCUT2D eigenvalue weighted by atomic mass is 9.91. The van der Waals surface area contributed by atoms with Crippen LogP contribution in [0.4, 0.5) is 5.69 Å². The fourth-order valence-corrected chi connectivity index (χ4v) is 3.36. The van der Waals surface area contributed by atoms with Crippen molar-refractivity contribution in [3.63, 3.8) is 0 Å². The zero-order valence-electron chi connectivity index (χ0n) is 14.0. The van der Waals surface area contributed by atoms with Crippen molar-refractivity contribution in [2.75, 3.05) is 17.5 Å². The highest BCUT2D eigenvalue weighted by molar-refractivity contribution is 7.92. The fraction of sp³-hybridized carbons (Fsp3) is 0.222. The summed E-state index contributed by atoms with van der Waals surface area (Å²) in [5, 5.41) is 0. The average molecular weight is 357 g/mol. The average Bonchev–Trinajstić information content (AvgIpc) is 3.04. The Hall–Kier alpha value is -2.67. The van der Waals surface area contributed by atoms with Crippen molar-refractivity contribution in [3.05, 3.63) is 59.8 Å². The molecule has 1 atom stereocenters. The molecule has 2 aliphatic heterocycles. The van der Waals surface area contributed by atoms with Gasteiger partial charge in [0.05, 0.1) is 6.26 Å². The Labute approximate surface area is 147 Å². The highest BCUT2D eigenvalue weighted by Crippen LogP contribution is 2.34. The van der Waals surface area contributed by atoms with E-state index in [-0.39, 0.29) is 5.91 Å². The molecule has 25 heavy (non-hydrogen) atoms. The van der Waals surface area contributed by atoms with Gasteiger partial charge in [-0.15, -0.1) is 0 Å². The van der Waals surface area contributed by atoms with E-state index in [0.29, 0.717) is 12.2 Å². The molecule has 1 amide bonds. The quantitative estimate of drug-likeness (QED) is 0.821. The van der Waals surface area contributed by atoms with Crippen LogP contribution in [0.3, 0.4) is 0 Å². The largest absolute Gasteiger partial charge is 0.312 e. The molecule has 0 aliphatic carbocycles. The number of sulfonamides is 1. The maximum absolute atomic E-state index is 12.5. The molecule has 6 nitrogen and oxygen atoms in total. The fourth-order valence-electron chi connectivity index (χ4n) is 2.80. The number of anilines is 1. The molecule has 0 radical (unpaired) electrons. The van der Waals surface area contributed by atoms with Gasteiger partial charge in [-0.2, -0.15) is 0 Å². The van der Waals surface area contributed by atoms with Crippen molar-refractivity contribution in [1.82, 2.24) is 4.90 Å². The number of nitrogens with zero attached hydrogens (tertiary/aromatic N) is 2. The zero-order valence-corrected chi connectivity index (χ0v) is 14.8. The Morgan fingerprint density at radius 1 is 1.28 bits per heavy atom. The predicted octanol–water partition coefficient (Wildman–Crippen LogP) is 2.20. The third-order valence-electron chi connectivity index (χ3n) is 3.93. The molecule has 3 rings (SSSR count). The molecule has 0 fully saturated rings. The highest BCUT2D eigenvalue weighted by atomic mass is 32.2. The number of carbonyl (C=O) groups excluding carboxylic acids is 1. The molecule has 1 aromatic rings. The van der Waals surface area contributed by atoms with Crippen LogP contribution in [-0.2, 0) is 14.8 Å². The summed E-state index contributed by atoms with van der Waals surface area (Å²) in [7, 11) is -3.31. The molecule has 1 N–H and O–H groups in total. The number of amides is 1. The van der Waals surface area contributed by atoms with Crippen LogP contribution in [-0.4, -0.2) is 44.3 Å². The van der Waals surface area contributed by atoms with Gasteiger partial charge in [-0.25, -0.2) is 8.42 Å². The SMILES string of the molecule is CC=CCN1C=C(c2ccc(NS(C)(=O)=O)cc2)C2=CC=NC2C1=O. The number of allylic oxidation sites excluding steroid dienone is 2. The van der Waals surface area contributed by atoms with Gasteiger partial charge in [0, 0.05) is 30.2 Å². The summed E-state index contributed by atoms with van der Waals surface area (Å²) in [5.41, 5.74) is 3.18. The smallest absolute Gasteiger partial charge is 0.256 e. The number of rotatable bonds is 5. The van der Waals surface area contributed by atoms with E-state index < -0.39 is 16.1 Å². The van der Waals surface area contributed by atoms with Crippen LogP contribution in [0.5, 0.6) is 0 Å². The van der Waals surface area contributed by atoms with Gasteiger partial charge in [-0.05, 0) is 36.3 Å². The normalized spacial score (nSPS) is 19.8. The Morgan fingerprint density at radius 2 is 2.00 bits per heavy atom. The molecule has 1 unspecified atom stereocenters. The molecule has 1 aromatic carbocycles. The minimum absolute atomic E-state index is 0.0442. The predicted molar refractivity (Wildman–Crippen MR) is 99.8 cm³/mol. The summed E-state index contributed by atoms with van der Waals surface area (Å²) in [6.45, 7) is 2.40. The molecule has 0 saturated carbocycles. The number of benzene rings is 1. The molecule has 130 valence electrons. The van der Waals surface area contributed by atoms with E-state index in [1.54, 1.807) is 23.2 Å². The number of hydrogen-bond donors (Lipinski definition) is 1. The number of aliphatic imine (C=N–C) groups is 1. The number of carbonyl (C=O) groups is 1. The maximum Gasteiger partial charge on any atom is 0.256 e. The maximum atomic E-state index is 12.5. The minimum Gasteiger partial charge on any atom is -0.312 e. The summed E-state index contributed by atoms with van der Waals surface area (Å²) in [6, 6.07) is 6.57. The van der Waals surface area contributed by atoms with Crippen LogP contribution >= 0.6 is 0 Å². The summed E-state index contributed by atoms with van der Waals surface area (Å²) < 4.78 is 25.1. The van der Waals surface area contributed by atoms with Crippen molar-refractivity contribution in [1.29, 1.82) is 0 Å². The number of nitrogens with one attached hydrogen (secondary N) is 1. The zero-order chi connectivity index (χ0) is 18.0. The number of fused-ring (bicyclic) bond motifs is 1. The van der Waals surface area contributed by atoms with Crippen molar-refractivity contribution in [2.45, 2.75) is 13.0 Å². The van der Waals surface area contributed by atoms with Crippen molar-refractivity contribution in [2.24, 2.45) is 4.99 Å². The molecular weight excluding hydrogens is 338 g/mol. The van der Waals surface area contributed by atoms with Gasteiger partial charge < -0.3 is 4.90 Å². The summed E-state index contributed by atoms with van der Waals surface area (Å²) in [6.07, 6.45) is 10.3. The lowest BCUT2D eigenvalue weighted by Gasteiger charge is -2.29. The highest BCUT2D eigenvalue weighted by Gasteiger charge is 2.34. The minimum atomic E-state index is -3.31. The lowest BCUT2D eigenvalue weighted by molar-refractivity contribution is -0.128. The van der Waals surface area contributed by atoms with E-state index in [0.717, 1.165) is 23.0 Å². The van der Waals surface area contributed by atoms with Crippen LogP contribution in [0.1, 0.15) is 12.5 Å². The first-order valence-electron chi connectivity index (χ1n) is 7.84. The first kappa shape index (κ1) is 17.2. The third kappa shape index (κ3) is 3.71. The van der Waals surface area contributed by atoms with Crippen LogP contribution in [0.2, 0.25) is 0 Å². The molecule has 0 bridgehead atoms. The van der Waals surface area contributed by atoms with Gasteiger partial charge in [0.2, 0.25) is 10.0 Å². The Balaban J connectivity index is 1.94. The first-order valence-corrected chi connectivity index (χ1v) is 9.73. The van der Waals surface area contributed by atoms with Crippen molar-refractivity contribution in [3.8, 4) is 0 Å². The summed E-state index contributed by atoms with van der Waals surface area (Å²) >= 11 is 0. The molecule has 2 heterocycles. The lowest BCUT2D eigenvalue weighted by Crippen LogP contribution is -2.39. The van der Waals surface area contributed by atoms with E-state index in [9.17, 15) is 13.2 Å². The first-order chi connectivity index (χ1) is 11.9. The van der Waals surface area contributed by atoms with Gasteiger partial charge in [0.15, 0.2) is 6.04 Å². The second-order valence-corrected chi connectivity index (χ2v) is 7.63. The van der Waals surface area contributed by atoms with E-state index >= 15 is 0 Å². The van der Waals surface area contributed by atoms with Crippen LogP contribution in [0.25, 0.3) is 5.57 Å². The Kier molecular flexibility index (Phi) is 4.59. The Morgan fingerprint density at radius 3 is 2.64 bits per heavy atom. The van der Waals surface area contributed by atoms with Crippen LogP contribution in [0, 0.1) is 0 Å². The molecule has 0 saturated heterocycles. The molecular formula is C18H19N3O3S. The topological polar surface area (TPSA) is 78.8 Å². The standard InChI is InChI=1S/C18H19N3O3S/c1-3-4-11-21-12-16(15-9-10-19-17(15)18(21)22)13-5-7-14(8-6-13)20-25(2,23)24/h3-10,12,17,20H,11H2,1-2H3. The monoisotopic (exact) mass is 357 g/mol. The molecule has 0 spiro atoms. The summed E-state index contributed by atoms with van der Waals surface area (Å²) in [5.74, 6) is -0.0442.